The minimum Gasteiger partial charge on any atom is -0.214 e. The van der Waals surface area contributed by atoms with E-state index in [4.69, 9.17) is 5.26 Å². The van der Waals surface area contributed by atoms with Gasteiger partial charge in [-0.1, -0.05) is 30.3 Å². The summed E-state index contributed by atoms with van der Waals surface area (Å²) in [6.07, 6.45) is 0.683. The van der Waals surface area contributed by atoms with Gasteiger partial charge in [-0.25, -0.2) is 8.42 Å². The van der Waals surface area contributed by atoms with Gasteiger partial charge in [-0.3, -0.25) is 0 Å². The van der Waals surface area contributed by atoms with E-state index in [1.165, 1.54) is 24.3 Å². The summed E-state index contributed by atoms with van der Waals surface area (Å²) < 4.78 is 58.5. The van der Waals surface area contributed by atoms with Gasteiger partial charge in [0, 0.05) is 0 Å². The van der Waals surface area contributed by atoms with E-state index >= 15 is 0 Å². The number of sulfone groups is 1. The highest BCUT2D eigenvalue weighted by Crippen LogP contribution is 2.30. The Morgan fingerprint density at radius 1 is 1.24 bits per heavy atom. The zero-order valence-corrected chi connectivity index (χ0v) is 9.09. The van der Waals surface area contributed by atoms with Crippen LogP contribution < -0.4 is 0 Å². The van der Waals surface area contributed by atoms with Gasteiger partial charge in [-0.2, -0.15) is 18.4 Å². The Bertz CT molecular complexity index is 568. The monoisotopic (exact) mass is 261 g/mol. The van der Waals surface area contributed by atoms with E-state index in [1.807, 2.05) is 0 Å². The van der Waals surface area contributed by atoms with Crippen LogP contribution in [0.3, 0.4) is 0 Å². The number of hydrogen-bond acceptors (Lipinski definition) is 3. The van der Waals surface area contributed by atoms with Crippen molar-refractivity contribution >= 4 is 15.9 Å². The molecule has 0 spiro atoms. The second-order valence-electron chi connectivity index (χ2n) is 2.98. The normalized spacial score (nSPS) is 13.2. The summed E-state index contributed by atoms with van der Waals surface area (Å²) in [5.41, 5.74) is -5.26. The van der Waals surface area contributed by atoms with Gasteiger partial charge in [0.15, 0.2) is 4.91 Å². The summed E-state index contributed by atoms with van der Waals surface area (Å²) in [6, 6.07) is 8.48. The molecule has 0 fully saturated rings. The summed E-state index contributed by atoms with van der Waals surface area (Å²) >= 11 is 0. The Morgan fingerprint density at radius 2 is 1.76 bits per heavy atom. The van der Waals surface area contributed by atoms with Crippen molar-refractivity contribution in [1.82, 2.24) is 0 Å². The first-order valence-electron chi connectivity index (χ1n) is 4.27. The van der Waals surface area contributed by atoms with E-state index in [-0.39, 0.29) is 5.56 Å². The molecule has 0 heterocycles. The molecule has 90 valence electrons. The smallest absolute Gasteiger partial charge is 0.214 e. The molecule has 0 aliphatic carbocycles. The maximum Gasteiger partial charge on any atom is 0.502 e. The van der Waals surface area contributed by atoms with Crippen LogP contribution in [-0.4, -0.2) is 13.9 Å². The van der Waals surface area contributed by atoms with Crippen LogP contribution in [0.1, 0.15) is 5.56 Å². The van der Waals surface area contributed by atoms with Gasteiger partial charge < -0.3 is 0 Å². The Balaban J connectivity index is 3.29. The van der Waals surface area contributed by atoms with Crippen LogP contribution >= 0.6 is 0 Å². The first kappa shape index (κ1) is 13.3. The van der Waals surface area contributed by atoms with Gasteiger partial charge in [-0.15, -0.1) is 0 Å². The van der Waals surface area contributed by atoms with Gasteiger partial charge in [0.2, 0.25) is 0 Å². The van der Waals surface area contributed by atoms with Gasteiger partial charge in [0.25, 0.3) is 9.84 Å². The molecule has 17 heavy (non-hydrogen) atoms. The average molecular weight is 261 g/mol. The van der Waals surface area contributed by atoms with E-state index in [0.717, 1.165) is 6.07 Å². The van der Waals surface area contributed by atoms with E-state index in [0.29, 0.717) is 6.08 Å². The molecule has 1 aromatic rings. The Kier molecular flexibility index (Phi) is 3.58. The molecule has 0 N–H and O–H groups in total. The SMILES string of the molecule is N#C/C(=C\c1ccccc1)S(=O)(=O)C(F)(F)F. The van der Waals surface area contributed by atoms with Crippen molar-refractivity contribution in [1.29, 1.82) is 5.26 Å². The first-order valence-corrected chi connectivity index (χ1v) is 5.75. The number of rotatable bonds is 2. The standard InChI is InChI=1S/C10H6F3NO2S/c11-10(12,13)17(15,16)9(7-14)6-8-4-2-1-3-5-8/h1-6H/b9-6+. The zero-order valence-electron chi connectivity index (χ0n) is 8.27. The topological polar surface area (TPSA) is 57.9 Å². The van der Waals surface area contributed by atoms with Crippen molar-refractivity contribution in [3.05, 3.63) is 40.8 Å². The minimum absolute atomic E-state index is 0.205. The third kappa shape index (κ3) is 2.85. The molecular weight excluding hydrogens is 255 g/mol. The molecular formula is C10H6F3NO2S. The highest BCUT2D eigenvalue weighted by molar-refractivity contribution is 7.96. The van der Waals surface area contributed by atoms with Crippen LogP contribution in [0, 0.1) is 11.3 Å². The van der Waals surface area contributed by atoms with Gasteiger partial charge >= 0.3 is 5.51 Å². The van der Waals surface area contributed by atoms with E-state index < -0.39 is 20.3 Å². The van der Waals surface area contributed by atoms with Crippen molar-refractivity contribution in [3.8, 4) is 6.07 Å². The zero-order chi connectivity index (χ0) is 13.1. The number of allylic oxidation sites excluding steroid dienone is 1. The highest BCUT2D eigenvalue weighted by atomic mass is 32.2. The summed E-state index contributed by atoms with van der Waals surface area (Å²) in [7, 11) is -5.59. The summed E-state index contributed by atoms with van der Waals surface area (Å²) in [4.78, 5) is -1.32. The highest BCUT2D eigenvalue weighted by Gasteiger charge is 2.48. The number of nitriles is 1. The third-order valence-corrected chi connectivity index (χ3v) is 3.20. The Labute approximate surface area is 95.7 Å². The van der Waals surface area contributed by atoms with Crippen LogP contribution in [0.5, 0.6) is 0 Å². The lowest BCUT2D eigenvalue weighted by Crippen LogP contribution is -2.24. The summed E-state index contributed by atoms with van der Waals surface area (Å²) in [5, 5.41) is 8.49. The largest absolute Gasteiger partial charge is 0.502 e. The number of hydrogen-bond donors (Lipinski definition) is 0. The van der Waals surface area contributed by atoms with Crippen LogP contribution in [0.2, 0.25) is 0 Å². The van der Waals surface area contributed by atoms with Gasteiger partial charge in [0.05, 0.1) is 0 Å². The van der Waals surface area contributed by atoms with Crippen molar-refractivity contribution < 1.29 is 21.6 Å². The van der Waals surface area contributed by atoms with Crippen molar-refractivity contribution in [2.45, 2.75) is 5.51 Å². The van der Waals surface area contributed by atoms with Crippen LogP contribution in [0.25, 0.3) is 6.08 Å². The molecule has 0 aromatic heterocycles. The van der Waals surface area contributed by atoms with E-state index in [1.54, 1.807) is 6.07 Å². The second kappa shape index (κ2) is 4.59. The fourth-order valence-corrected chi connectivity index (χ4v) is 1.66. The van der Waals surface area contributed by atoms with Crippen LogP contribution in [0.15, 0.2) is 35.2 Å². The first-order chi connectivity index (χ1) is 7.79. The lowest BCUT2D eigenvalue weighted by Gasteiger charge is -2.06. The molecule has 0 amide bonds. The molecule has 0 aliphatic rings. The minimum atomic E-state index is -5.59. The quantitative estimate of drug-likeness (QED) is 0.768. The molecule has 0 aliphatic heterocycles. The third-order valence-electron chi connectivity index (χ3n) is 1.80. The number of benzene rings is 1. The molecule has 0 bridgehead atoms. The van der Waals surface area contributed by atoms with E-state index in [9.17, 15) is 21.6 Å². The predicted molar refractivity (Wildman–Crippen MR) is 55.0 cm³/mol. The molecule has 1 rings (SSSR count). The Hall–Kier alpha value is -1.81. The Morgan fingerprint density at radius 3 is 2.18 bits per heavy atom. The fourth-order valence-electron chi connectivity index (χ4n) is 0.995. The fraction of sp³-hybridized carbons (Fsp3) is 0.100. The van der Waals surface area contributed by atoms with Crippen molar-refractivity contribution in [3.63, 3.8) is 0 Å². The molecule has 3 nitrogen and oxygen atoms in total. The van der Waals surface area contributed by atoms with Crippen molar-refractivity contribution in [2.24, 2.45) is 0 Å². The molecule has 0 radical (unpaired) electrons. The molecule has 0 saturated carbocycles. The average Bonchev–Trinajstić information content (AvgIpc) is 2.25. The molecule has 1 aromatic carbocycles. The summed E-state index contributed by atoms with van der Waals surface area (Å²) in [6.45, 7) is 0. The van der Waals surface area contributed by atoms with E-state index in [2.05, 4.69) is 0 Å². The number of nitrogens with zero attached hydrogens (tertiary/aromatic N) is 1. The molecule has 0 saturated heterocycles. The number of halogens is 3. The maximum absolute atomic E-state index is 12.2. The van der Waals surface area contributed by atoms with Crippen LogP contribution in [-0.2, 0) is 9.84 Å². The lowest BCUT2D eigenvalue weighted by atomic mass is 10.2. The van der Waals surface area contributed by atoms with Gasteiger partial charge in [-0.05, 0) is 11.6 Å². The molecule has 0 unspecified atom stereocenters. The summed E-state index contributed by atoms with van der Waals surface area (Å²) in [5.74, 6) is 0. The van der Waals surface area contributed by atoms with Crippen LogP contribution in [0.4, 0.5) is 13.2 Å². The molecule has 0 atom stereocenters. The maximum atomic E-state index is 12.2. The van der Waals surface area contributed by atoms with Crippen molar-refractivity contribution in [2.75, 3.05) is 0 Å². The number of alkyl halides is 3. The molecule has 7 heteroatoms. The van der Waals surface area contributed by atoms with Gasteiger partial charge in [0.1, 0.15) is 6.07 Å². The second-order valence-corrected chi connectivity index (χ2v) is 4.89. The predicted octanol–water partition coefficient (Wildman–Crippen LogP) is 2.49. The lowest BCUT2D eigenvalue weighted by molar-refractivity contribution is -0.0425.